The van der Waals surface area contributed by atoms with Gasteiger partial charge in [-0.3, -0.25) is 4.72 Å². The average molecular weight is 392 g/mol. The number of sulfonamides is 1. The number of ether oxygens (including phenoxy) is 1. The van der Waals surface area contributed by atoms with E-state index in [9.17, 15) is 13.2 Å². The van der Waals surface area contributed by atoms with Gasteiger partial charge in [0.05, 0.1) is 16.6 Å². The lowest BCUT2D eigenvalue weighted by atomic mass is 10.2. The minimum Gasteiger partial charge on any atom is -0.496 e. The van der Waals surface area contributed by atoms with Gasteiger partial charge in [0, 0.05) is 6.07 Å². The van der Waals surface area contributed by atoms with E-state index in [1.165, 1.54) is 31.4 Å². The molecule has 0 unspecified atom stereocenters. The smallest absolute Gasteiger partial charge is 0.339 e. The summed E-state index contributed by atoms with van der Waals surface area (Å²) in [6, 6.07) is 7.08. The summed E-state index contributed by atoms with van der Waals surface area (Å²) in [6.07, 6.45) is 0. The van der Waals surface area contributed by atoms with Crippen molar-refractivity contribution in [2.24, 2.45) is 0 Å². The summed E-state index contributed by atoms with van der Waals surface area (Å²) in [5, 5.41) is 8.98. The first kappa shape index (κ1) is 15.8. The van der Waals surface area contributed by atoms with Gasteiger partial charge in [-0.25, -0.2) is 13.2 Å². The summed E-state index contributed by atoms with van der Waals surface area (Å²) in [7, 11) is -2.40. The van der Waals surface area contributed by atoms with Crippen LogP contribution in [0.25, 0.3) is 0 Å². The molecule has 0 aliphatic carbocycles. The van der Waals surface area contributed by atoms with E-state index in [-0.39, 0.29) is 21.2 Å². The molecule has 0 spiro atoms. The minimum absolute atomic E-state index is 0.0423. The number of rotatable bonds is 5. The van der Waals surface area contributed by atoms with E-state index in [1.807, 2.05) is 0 Å². The average Bonchev–Trinajstić information content (AvgIpc) is 2.85. The van der Waals surface area contributed by atoms with Crippen LogP contribution in [0.5, 0.6) is 5.75 Å². The van der Waals surface area contributed by atoms with E-state index in [1.54, 1.807) is 6.07 Å². The molecule has 0 fully saturated rings. The number of hydrogen-bond donors (Lipinski definition) is 2. The van der Waals surface area contributed by atoms with Gasteiger partial charge in [0.25, 0.3) is 10.0 Å². The summed E-state index contributed by atoms with van der Waals surface area (Å²) in [5.41, 5.74) is 0.181. The molecular formula is C12H10BrNO5S2. The Morgan fingerprint density at radius 2 is 2.05 bits per heavy atom. The van der Waals surface area contributed by atoms with Gasteiger partial charge >= 0.3 is 5.97 Å². The number of benzene rings is 1. The minimum atomic E-state index is -3.72. The Labute approximate surface area is 133 Å². The molecule has 0 aliphatic heterocycles. The van der Waals surface area contributed by atoms with Crippen LogP contribution in [0.1, 0.15) is 10.4 Å². The van der Waals surface area contributed by atoms with Crippen molar-refractivity contribution in [3.8, 4) is 5.75 Å². The number of aromatic carboxylic acids is 1. The van der Waals surface area contributed by atoms with Crippen molar-refractivity contribution < 1.29 is 23.1 Å². The largest absolute Gasteiger partial charge is 0.496 e. The molecule has 0 amide bonds. The predicted molar refractivity (Wildman–Crippen MR) is 82.8 cm³/mol. The lowest BCUT2D eigenvalue weighted by Crippen LogP contribution is -2.12. The SMILES string of the molecule is COc1cc(NS(=O)(=O)c2ccc(Br)s2)ccc1C(=O)O. The Hall–Kier alpha value is -1.58. The van der Waals surface area contributed by atoms with Gasteiger partial charge in [-0.1, -0.05) is 0 Å². The van der Waals surface area contributed by atoms with Crippen molar-refractivity contribution in [3.63, 3.8) is 0 Å². The first-order valence-corrected chi connectivity index (χ1v) is 8.62. The highest BCUT2D eigenvalue weighted by Crippen LogP contribution is 2.29. The van der Waals surface area contributed by atoms with Crippen LogP contribution in [-0.2, 0) is 10.0 Å². The summed E-state index contributed by atoms with van der Waals surface area (Å²) < 4.78 is 32.5. The zero-order valence-corrected chi connectivity index (χ0v) is 13.9. The molecule has 0 bridgehead atoms. The first-order valence-electron chi connectivity index (χ1n) is 5.53. The van der Waals surface area contributed by atoms with E-state index in [0.717, 1.165) is 11.3 Å². The second kappa shape index (κ2) is 6.04. The van der Waals surface area contributed by atoms with Crippen molar-refractivity contribution >= 4 is 48.9 Å². The Balaban J connectivity index is 2.34. The molecule has 9 heteroatoms. The highest BCUT2D eigenvalue weighted by Gasteiger charge is 2.18. The van der Waals surface area contributed by atoms with Crippen LogP contribution in [0.2, 0.25) is 0 Å². The van der Waals surface area contributed by atoms with Crippen molar-refractivity contribution in [2.75, 3.05) is 11.8 Å². The summed E-state index contributed by atoms with van der Waals surface area (Å²) in [5.74, 6) is -1.07. The fourth-order valence-electron chi connectivity index (χ4n) is 1.58. The zero-order valence-electron chi connectivity index (χ0n) is 10.7. The summed E-state index contributed by atoms with van der Waals surface area (Å²) >= 11 is 4.27. The number of thiophene rings is 1. The van der Waals surface area contributed by atoms with Crippen LogP contribution in [0.3, 0.4) is 0 Å². The number of nitrogens with one attached hydrogen (secondary N) is 1. The van der Waals surface area contributed by atoms with Crippen LogP contribution in [0.15, 0.2) is 38.3 Å². The number of hydrogen-bond acceptors (Lipinski definition) is 5. The molecule has 2 rings (SSSR count). The molecule has 6 nitrogen and oxygen atoms in total. The van der Waals surface area contributed by atoms with Crippen LogP contribution in [-0.4, -0.2) is 26.6 Å². The van der Waals surface area contributed by atoms with Gasteiger partial charge in [-0.15, -0.1) is 11.3 Å². The fourth-order valence-corrected chi connectivity index (χ4v) is 4.64. The third kappa shape index (κ3) is 3.55. The molecule has 112 valence electrons. The van der Waals surface area contributed by atoms with E-state index < -0.39 is 16.0 Å². The molecule has 0 aliphatic rings. The number of anilines is 1. The molecule has 0 saturated heterocycles. The van der Waals surface area contributed by atoms with Gasteiger partial charge < -0.3 is 9.84 Å². The highest BCUT2D eigenvalue weighted by atomic mass is 79.9. The Morgan fingerprint density at radius 3 is 2.57 bits per heavy atom. The van der Waals surface area contributed by atoms with Gasteiger partial charge in [0.2, 0.25) is 0 Å². The molecule has 1 aromatic carbocycles. The first-order chi connectivity index (χ1) is 9.83. The summed E-state index contributed by atoms with van der Waals surface area (Å²) in [4.78, 5) is 11.0. The van der Waals surface area contributed by atoms with E-state index >= 15 is 0 Å². The van der Waals surface area contributed by atoms with Gasteiger partial charge in [-0.2, -0.15) is 0 Å². The maximum Gasteiger partial charge on any atom is 0.339 e. The van der Waals surface area contributed by atoms with Crippen molar-refractivity contribution in [1.82, 2.24) is 0 Å². The number of carboxylic acid groups (broad SMARTS) is 1. The second-order valence-corrected chi connectivity index (χ2v) is 8.26. The third-order valence-corrected chi connectivity index (χ3v) is 5.99. The van der Waals surface area contributed by atoms with Crippen molar-refractivity contribution in [2.45, 2.75) is 4.21 Å². The maximum atomic E-state index is 12.2. The molecule has 2 N–H and O–H groups in total. The second-order valence-electron chi connectivity index (χ2n) is 3.88. The molecular weight excluding hydrogens is 382 g/mol. The van der Waals surface area contributed by atoms with Crippen LogP contribution in [0, 0.1) is 0 Å². The monoisotopic (exact) mass is 391 g/mol. The van der Waals surface area contributed by atoms with Gasteiger partial charge in [0.15, 0.2) is 0 Å². The Bertz CT molecular complexity index is 785. The fraction of sp³-hybridized carbons (Fsp3) is 0.0833. The predicted octanol–water partition coefficient (Wildman–Crippen LogP) is 3.02. The number of carboxylic acids is 1. The summed E-state index contributed by atoms with van der Waals surface area (Å²) in [6.45, 7) is 0. The lowest BCUT2D eigenvalue weighted by molar-refractivity contribution is 0.0693. The highest BCUT2D eigenvalue weighted by molar-refractivity contribution is 9.11. The number of halogens is 1. The molecule has 0 saturated carbocycles. The van der Waals surface area contributed by atoms with E-state index in [2.05, 4.69) is 20.7 Å². The van der Waals surface area contributed by atoms with Crippen molar-refractivity contribution in [1.29, 1.82) is 0 Å². The lowest BCUT2D eigenvalue weighted by Gasteiger charge is -2.09. The van der Waals surface area contributed by atoms with E-state index in [4.69, 9.17) is 9.84 Å². The molecule has 0 radical (unpaired) electrons. The van der Waals surface area contributed by atoms with E-state index in [0.29, 0.717) is 3.79 Å². The van der Waals surface area contributed by atoms with Crippen LogP contribution < -0.4 is 9.46 Å². The molecule has 1 heterocycles. The topological polar surface area (TPSA) is 92.7 Å². The third-order valence-electron chi connectivity index (χ3n) is 2.50. The van der Waals surface area contributed by atoms with Crippen LogP contribution >= 0.6 is 27.3 Å². The molecule has 2 aromatic rings. The van der Waals surface area contributed by atoms with Gasteiger partial charge in [-0.05, 0) is 40.2 Å². The quantitative estimate of drug-likeness (QED) is 0.816. The zero-order chi connectivity index (χ0) is 15.6. The Kier molecular flexibility index (Phi) is 4.55. The van der Waals surface area contributed by atoms with Crippen molar-refractivity contribution in [3.05, 3.63) is 39.7 Å². The standard InChI is InChI=1S/C12H10BrNO5S2/c1-19-9-6-7(2-3-8(9)12(15)16)14-21(17,18)11-5-4-10(13)20-11/h2-6,14H,1H3,(H,15,16). The molecule has 0 atom stereocenters. The number of carbonyl (C=O) groups is 1. The normalized spacial score (nSPS) is 11.1. The van der Waals surface area contributed by atoms with Crippen LogP contribution in [0.4, 0.5) is 5.69 Å². The molecule has 21 heavy (non-hydrogen) atoms. The Morgan fingerprint density at radius 1 is 1.33 bits per heavy atom. The maximum absolute atomic E-state index is 12.2. The molecule has 1 aromatic heterocycles. The number of methoxy groups -OCH3 is 1. The van der Waals surface area contributed by atoms with Gasteiger partial charge in [0.1, 0.15) is 15.5 Å².